The van der Waals surface area contributed by atoms with Crippen LogP contribution >= 0.6 is 11.6 Å². The second kappa shape index (κ2) is 6.90. The highest BCUT2D eigenvalue weighted by molar-refractivity contribution is 6.18. The lowest BCUT2D eigenvalue weighted by molar-refractivity contribution is 0.168. The molecule has 0 atom stereocenters. The lowest BCUT2D eigenvalue weighted by Crippen LogP contribution is -2.14. The van der Waals surface area contributed by atoms with Crippen LogP contribution in [0.5, 0.6) is 0 Å². The number of aromatic nitrogens is 2. The van der Waals surface area contributed by atoms with Gasteiger partial charge in [-0.1, -0.05) is 12.1 Å². The second-order valence-corrected chi connectivity index (χ2v) is 4.67. The van der Waals surface area contributed by atoms with Crippen molar-refractivity contribution in [3.8, 4) is 11.3 Å². The molecule has 0 unspecified atom stereocenters. The van der Waals surface area contributed by atoms with Crippen molar-refractivity contribution in [3.63, 3.8) is 0 Å². The van der Waals surface area contributed by atoms with Gasteiger partial charge in [0.15, 0.2) is 0 Å². The lowest BCUT2D eigenvalue weighted by Gasteiger charge is -2.07. The lowest BCUT2D eigenvalue weighted by atomic mass is 10.1. The zero-order valence-electron chi connectivity index (χ0n) is 11.4. The van der Waals surface area contributed by atoms with Gasteiger partial charge in [-0.25, -0.2) is 9.89 Å². The molecule has 0 aliphatic carbocycles. The summed E-state index contributed by atoms with van der Waals surface area (Å²) in [6, 6.07) is 8.53. The fraction of sp³-hybridized carbons (Fsp3) is 0.214. The van der Waals surface area contributed by atoms with Gasteiger partial charge < -0.3 is 4.74 Å². The van der Waals surface area contributed by atoms with E-state index in [0.717, 1.165) is 11.1 Å². The van der Waals surface area contributed by atoms with E-state index in [-0.39, 0.29) is 18.0 Å². The number of nitrogens with zero attached hydrogens (tertiary/aromatic N) is 1. The number of carbonyl (C=O) groups is 1. The largest absolute Gasteiger partial charge is 0.448 e. The van der Waals surface area contributed by atoms with Gasteiger partial charge in [0.05, 0.1) is 11.6 Å². The van der Waals surface area contributed by atoms with Crippen molar-refractivity contribution in [2.45, 2.75) is 6.92 Å². The SMILES string of the molecule is Cc1cc(=O)[nH]nc1-c1ccc(NC(=O)OCCCl)cc1. The minimum Gasteiger partial charge on any atom is -0.448 e. The zero-order valence-corrected chi connectivity index (χ0v) is 12.1. The van der Waals surface area contributed by atoms with E-state index in [1.165, 1.54) is 6.07 Å². The highest BCUT2D eigenvalue weighted by atomic mass is 35.5. The van der Waals surface area contributed by atoms with Gasteiger partial charge in [0, 0.05) is 17.3 Å². The van der Waals surface area contributed by atoms with E-state index in [9.17, 15) is 9.59 Å². The number of anilines is 1. The number of nitrogens with one attached hydrogen (secondary N) is 2. The van der Waals surface area contributed by atoms with Crippen LogP contribution < -0.4 is 10.9 Å². The molecule has 7 heteroatoms. The predicted octanol–water partition coefficient (Wildman–Crippen LogP) is 2.53. The Labute approximate surface area is 126 Å². The molecule has 0 aliphatic rings. The molecule has 0 saturated carbocycles. The van der Waals surface area contributed by atoms with Gasteiger partial charge in [0.2, 0.25) is 0 Å². The first-order chi connectivity index (χ1) is 10.1. The summed E-state index contributed by atoms with van der Waals surface area (Å²) >= 11 is 5.43. The number of alkyl halides is 1. The van der Waals surface area contributed by atoms with Crippen molar-refractivity contribution in [3.05, 3.63) is 46.2 Å². The second-order valence-electron chi connectivity index (χ2n) is 4.29. The molecule has 2 N–H and O–H groups in total. The normalized spacial score (nSPS) is 10.2. The number of aryl methyl sites for hydroxylation is 1. The van der Waals surface area contributed by atoms with Crippen molar-refractivity contribution in [2.24, 2.45) is 0 Å². The van der Waals surface area contributed by atoms with Crippen LogP contribution in [-0.4, -0.2) is 28.8 Å². The van der Waals surface area contributed by atoms with Crippen LogP contribution in [-0.2, 0) is 4.74 Å². The van der Waals surface area contributed by atoms with Gasteiger partial charge in [-0.3, -0.25) is 10.1 Å². The van der Waals surface area contributed by atoms with Gasteiger partial charge in [0.25, 0.3) is 5.56 Å². The number of aromatic amines is 1. The maximum Gasteiger partial charge on any atom is 0.411 e. The first-order valence-electron chi connectivity index (χ1n) is 6.26. The number of halogens is 1. The van der Waals surface area contributed by atoms with Gasteiger partial charge >= 0.3 is 6.09 Å². The highest BCUT2D eigenvalue weighted by Crippen LogP contribution is 2.21. The summed E-state index contributed by atoms with van der Waals surface area (Å²) < 4.78 is 4.81. The molecule has 21 heavy (non-hydrogen) atoms. The number of amides is 1. The van der Waals surface area contributed by atoms with Crippen LogP contribution in [0.3, 0.4) is 0 Å². The fourth-order valence-electron chi connectivity index (χ4n) is 1.79. The third-order valence-corrected chi connectivity index (χ3v) is 2.87. The molecule has 0 radical (unpaired) electrons. The Morgan fingerprint density at radius 2 is 2.10 bits per heavy atom. The van der Waals surface area contributed by atoms with E-state index in [1.54, 1.807) is 24.3 Å². The van der Waals surface area contributed by atoms with Gasteiger partial charge in [-0.05, 0) is 24.6 Å². The average Bonchev–Trinajstić information content (AvgIpc) is 2.46. The van der Waals surface area contributed by atoms with Crippen LogP contribution in [0.4, 0.5) is 10.5 Å². The van der Waals surface area contributed by atoms with Crippen molar-refractivity contribution in [1.29, 1.82) is 0 Å². The summed E-state index contributed by atoms with van der Waals surface area (Å²) in [7, 11) is 0. The number of benzene rings is 1. The molecular formula is C14H14ClN3O3. The monoisotopic (exact) mass is 307 g/mol. The van der Waals surface area contributed by atoms with Crippen LogP contribution in [0.2, 0.25) is 0 Å². The summed E-state index contributed by atoms with van der Waals surface area (Å²) in [5, 5.41) is 9.00. The standard InChI is InChI=1S/C14H14ClN3O3/c1-9-8-12(19)17-18-13(9)10-2-4-11(5-3-10)16-14(20)21-7-6-15/h2-5,8H,6-7H2,1H3,(H,16,20)(H,17,19). The maximum absolute atomic E-state index is 11.4. The molecule has 1 amide bonds. The third kappa shape index (κ3) is 4.06. The Hall–Kier alpha value is -2.34. The molecule has 0 saturated heterocycles. The van der Waals surface area contributed by atoms with E-state index in [4.69, 9.17) is 16.3 Å². The first-order valence-corrected chi connectivity index (χ1v) is 6.80. The minimum atomic E-state index is -0.554. The van der Waals surface area contributed by atoms with E-state index in [0.29, 0.717) is 11.4 Å². The number of H-pyrrole nitrogens is 1. The number of hydrogen-bond donors (Lipinski definition) is 2. The molecule has 110 valence electrons. The molecule has 1 aromatic heterocycles. The summed E-state index contributed by atoms with van der Waals surface area (Å²) in [5.74, 6) is 0.253. The topological polar surface area (TPSA) is 84.1 Å². The average molecular weight is 308 g/mol. The summed E-state index contributed by atoms with van der Waals surface area (Å²) in [4.78, 5) is 22.5. The molecular weight excluding hydrogens is 294 g/mol. The van der Waals surface area contributed by atoms with Crippen LogP contribution in [0.15, 0.2) is 35.1 Å². The molecule has 0 aliphatic heterocycles. The van der Waals surface area contributed by atoms with E-state index < -0.39 is 6.09 Å². The van der Waals surface area contributed by atoms with Crippen molar-refractivity contribution >= 4 is 23.4 Å². The van der Waals surface area contributed by atoms with E-state index in [1.807, 2.05) is 6.92 Å². The highest BCUT2D eigenvalue weighted by Gasteiger charge is 2.06. The van der Waals surface area contributed by atoms with Gasteiger partial charge in [-0.15, -0.1) is 11.6 Å². The number of rotatable bonds is 4. The summed E-state index contributed by atoms with van der Waals surface area (Å²) in [6.45, 7) is 1.97. The quantitative estimate of drug-likeness (QED) is 0.850. The molecule has 0 spiro atoms. The zero-order chi connectivity index (χ0) is 15.2. The van der Waals surface area contributed by atoms with Crippen molar-refractivity contribution < 1.29 is 9.53 Å². The van der Waals surface area contributed by atoms with Crippen LogP contribution in [0.1, 0.15) is 5.56 Å². The minimum absolute atomic E-state index is 0.159. The van der Waals surface area contributed by atoms with E-state index in [2.05, 4.69) is 15.5 Å². The first kappa shape index (κ1) is 15.1. The molecule has 0 fully saturated rings. The van der Waals surface area contributed by atoms with Crippen LogP contribution in [0.25, 0.3) is 11.3 Å². The Morgan fingerprint density at radius 3 is 2.71 bits per heavy atom. The predicted molar refractivity (Wildman–Crippen MR) is 80.7 cm³/mol. The summed E-state index contributed by atoms with van der Waals surface area (Å²) in [6.07, 6.45) is -0.554. The van der Waals surface area contributed by atoms with Gasteiger partial charge in [-0.2, -0.15) is 5.10 Å². The number of hydrogen-bond acceptors (Lipinski definition) is 4. The molecule has 1 aromatic carbocycles. The molecule has 6 nitrogen and oxygen atoms in total. The summed E-state index contributed by atoms with van der Waals surface area (Å²) in [5.41, 5.74) is 2.66. The Bertz CT molecular complexity index is 683. The van der Waals surface area contributed by atoms with E-state index >= 15 is 0 Å². The van der Waals surface area contributed by atoms with Gasteiger partial charge in [0.1, 0.15) is 6.61 Å². The Kier molecular flexibility index (Phi) is 4.94. The third-order valence-electron chi connectivity index (χ3n) is 2.71. The smallest absolute Gasteiger partial charge is 0.411 e. The molecule has 2 rings (SSSR count). The number of carbonyl (C=O) groups excluding carboxylic acids is 1. The van der Waals surface area contributed by atoms with Crippen LogP contribution in [0, 0.1) is 6.92 Å². The number of ether oxygens (including phenoxy) is 1. The Balaban J connectivity index is 2.11. The molecule has 1 heterocycles. The molecule has 2 aromatic rings. The Morgan fingerprint density at radius 1 is 1.38 bits per heavy atom. The fourth-order valence-corrected chi connectivity index (χ4v) is 1.86. The maximum atomic E-state index is 11.4. The molecule has 0 bridgehead atoms. The van der Waals surface area contributed by atoms with Crippen molar-refractivity contribution in [1.82, 2.24) is 10.2 Å². The van der Waals surface area contributed by atoms with Crippen molar-refractivity contribution in [2.75, 3.05) is 17.8 Å².